The second-order valence-electron chi connectivity index (χ2n) is 10.6. The largest absolute Gasteiger partial charge is 0.586 e. The van der Waals surface area contributed by atoms with E-state index in [9.17, 15) is 18.8 Å². The standard InChI is InChI=1S/C27H28F2N6O4/c1-3-21(36)35-15-26(16-35)9-11-34(14-26)24-19(12-30)22(18-7-4-8-20-23(18)39-27(28,29)38-20)31-25(32-24)37-13-17-6-5-10-33(17)2/h3-4,7-8,17H,1,5-6,9-11,13-16H2,2H3/t17-/m0/s1. The molecule has 5 heterocycles. The number of nitrogens with zero attached hydrogens (tertiary/aromatic N) is 6. The van der Waals surface area contributed by atoms with Crippen molar-refractivity contribution in [3.8, 4) is 34.8 Å². The Morgan fingerprint density at radius 3 is 2.82 bits per heavy atom. The number of hydrogen-bond donors (Lipinski definition) is 0. The average molecular weight is 539 g/mol. The maximum absolute atomic E-state index is 14.0. The van der Waals surface area contributed by atoms with Crippen molar-refractivity contribution in [2.24, 2.45) is 5.41 Å². The SMILES string of the molecule is C=CC(=O)N1CC2(CCN(c3nc(OC[C@@H]4CCCN4C)nc(-c4cccc5c4OC(F)(F)O5)c3C#N)C2)C1. The van der Waals surface area contributed by atoms with Crippen LogP contribution in [0.3, 0.4) is 0 Å². The first-order valence-corrected chi connectivity index (χ1v) is 12.9. The molecular formula is C27H28F2N6O4. The minimum atomic E-state index is -3.83. The second-order valence-corrected chi connectivity index (χ2v) is 10.6. The lowest BCUT2D eigenvalue weighted by molar-refractivity contribution is -0.286. The van der Waals surface area contributed by atoms with Crippen molar-refractivity contribution >= 4 is 11.7 Å². The van der Waals surface area contributed by atoms with E-state index in [-0.39, 0.29) is 51.7 Å². The number of anilines is 1. The van der Waals surface area contributed by atoms with Gasteiger partial charge in [0.2, 0.25) is 5.91 Å². The van der Waals surface area contributed by atoms with Gasteiger partial charge in [0.25, 0.3) is 0 Å². The third kappa shape index (κ3) is 4.50. The van der Waals surface area contributed by atoms with E-state index in [1.54, 1.807) is 17.0 Å². The minimum Gasteiger partial charge on any atom is -0.462 e. The number of alkyl halides is 2. The van der Waals surface area contributed by atoms with Gasteiger partial charge in [-0.2, -0.15) is 15.2 Å². The van der Waals surface area contributed by atoms with Gasteiger partial charge in [-0.3, -0.25) is 4.79 Å². The van der Waals surface area contributed by atoms with Gasteiger partial charge >= 0.3 is 12.3 Å². The van der Waals surface area contributed by atoms with Gasteiger partial charge in [0.1, 0.15) is 23.9 Å². The molecule has 12 heteroatoms. The van der Waals surface area contributed by atoms with E-state index in [4.69, 9.17) is 9.47 Å². The van der Waals surface area contributed by atoms with Crippen molar-refractivity contribution in [3.63, 3.8) is 0 Å². The van der Waals surface area contributed by atoms with Crippen molar-refractivity contribution in [2.45, 2.75) is 31.6 Å². The fourth-order valence-corrected chi connectivity index (χ4v) is 5.96. The van der Waals surface area contributed by atoms with Crippen LogP contribution in [0.1, 0.15) is 24.8 Å². The van der Waals surface area contributed by atoms with Gasteiger partial charge in [0.15, 0.2) is 17.3 Å². The highest BCUT2D eigenvalue weighted by Crippen LogP contribution is 2.49. The third-order valence-corrected chi connectivity index (χ3v) is 8.02. The molecule has 1 spiro atoms. The Balaban J connectivity index is 1.37. The van der Waals surface area contributed by atoms with Gasteiger partial charge in [0.05, 0.1) is 0 Å². The summed E-state index contributed by atoms with van der Waals surface area (Å²) in [7, 11) is 2.03. The van der Waals surface area contributed by atoms with E-state index in [0.29, 0.717) is 38.6 Å². The summed E-state index contributed by atoms with van der Waals surface area (Å²) < 4.78 is 43.5. The van der Waals surface area contributed by atoms with Crippen LogP contribution in [0.2, 0.25) is 0 Å². The Labute approximate surface area is 224 Å². The first-order valence-electron chi connectivity index (χ1n) is 12.9. The van der Waals surface area contributed by atoms with Crippen LogP contribution in [0.5, 0.6) is 17.5 Å². The monoisotopic (exact) mass is 538 g/mol. The van der Waals surface area contributed by atoms with Crippen molar-refractivity contribution in [2.75, 3.05) is 51.3 Å². The van der Waals surface area contributed by atoms with Gasteiger partial charge in [-0.05, 0) is 51.1 Å². The Morgan fingerprint density at radius 2 is 2.10 bits per heavy atom. The number of para-hydroxylation sites is 1. The van der Waals surface area contributed by atoms with Gasteiger partial charge < -0.3 is 28.9 Å². The molecule has 1 aromatic heterocycles. The van der Waals surface area contributed by atoms with Crippen molar-refractivity contribution in [1.29, 1.82) is 5.26 Å². The van der Waals surface area contributed by atoms with Crippen molar-refractivity contribution in [1.82, 2.24) is 19.8 Å². The average Bonchev–Trinajstić information content (AvgIpc) is 3.60. The summed E-state index contributed by atoms with van der Waals surface area (Å²) in [5.74, 6) is -0.0738. The summed E-state index contributed by atoms with van der Waals surface area (Å²) in [6.07, 6.45) is 0.341. The van der Waals surface area contributed by atoms with Crippen LogP contribution < -0.4 is 19.1 Å². The number of nitriles is 1. The first kappa shape index (κ1) is 25.3. The van der Waals surface area contributed by atoms with Crippen LogP contribution in [0.15, 0.2) is 30.9 Å². The van der Waals surface area contributed by atoms with Crippen LogP contribution in [0, 0.1) is 16.7 Å². The number of likely N-dealkylation sites (N-methyl/N-ethyl adjacent to an activating group) is 1. The number of benzene rings is 1. The van der Waals surface area contributed by atoms with Crippen LogP contribution in [0.4, 0.5) is 14.6 Å². The number of aromatic nitrogens is 2. The van der Waals surface area contributed by atoms with Gasteiger partial charge in [-0.25, -0.2) is 0 Å². The summed E-state index contributed by atoms with van der Waals surface area (Å²) in [6, 6.07) is 6.92. The lowest BCUT2D eigenvalue weighted by Crippen LogP contribution is -2.59. The van der Waals surface area contributed by atoms with Crippen LogP contribution >= 0.6 is 0 Å². The molecule has 1 amide bonds. The fourth-order valence-electron chi connectivity index (χ4n) is 5.96. The molecule has 0 unspecified atom stereocenters. The second kappa shape index (κ2) is 9.34. The zero-order valence-corrected chi connectivity index (χ0v) is 21.5. The van der Waals surface area contributed by atoms with Crippen LogP contribution in [-0.2, 0) is 4.79 Å². The molecule has 0 radical (unpaired) electrons. The molecule has 10 nitrogen and oxygen atoms in total. The van der Waals surface area contributed by atoms with Crippen molar-refractivity contribution < 1.29 is 27.8 Å². The predicted octanol–water partition coefficient (Wildman–Crippen LogP) is 3.03. The molecule has 4 aliphatic rings. The van der Waals surface area contributed by atoms with Crippen molar-refractivity contribution in [3.05, 3.63) is 36.4 Å². The number of rotatable bonds is 6. The number of fused-ring (bicyclic) bond motifs is 1. The highest BCUT2D eigenvalue weighted by Gasteiger charge is 2.50. The highest BCUT2D eigenvalue weighted by atomic mass is 19.3. The zero-order chi connectivity index (χ0) is 27.4. The van der Waals surface area contributed by atoms with Gasteiger partial charge in [-0.1, -0.05) is 12.6 Å². The molecule has 0 saturated carbocycles. The third-order valence-electron chi connectivity index (χ3n) is 8.02. The smallest absolute Gasteiger partial charge is 0.462 e. The molecule has 4 aliphatic heterocycles. The number of carbonyl (C=O) groups excluding carboxylic acids is 1. The molecule has 39 heavy (non-hydrogen) atoms. The molecule has 3 fully saturated rings. The molecule has 6 rings (SSSR count). The molecule has 1 atom stereocenters. The summed E-state index contributed by atoms with van der Waals surface area (Å²) >= 11 is 0. The van der Waals surface area contributed by atoms with Gasteiger partial charge in [0, 0.05) is 43.2 Å². The van der Waals surface area contributed by atoms with E-state index < -0.39 is 6.29 Å². The molecule has 204 valence electrons. The lowest BCUT2D eigenvalue weighted by Gasteiger charge is -2.47. The number of carbonyl (C=O) groups is 1. The molecule has 0 bridgehead atoms. The van der Waals surface area contributed by atoms with E-state index in [1.165, 1.54) is 12.1 Å². The fraction of sp³-hybridized carbons (Fsp3) is 0.481. The maximum Gasteiger partial charge on any atom is 0.586 e. The summed E-state index contributed by atoms with van der Waals surface area (Å²) in [6.45, 7) is 7.26. The molecule has 0 N–H and O–H groups in total. The van der Waals surface area contributed by atoms with E-state index in [0.717, 1.165) is 25.8 Å². The molecule has 0 aliphatic carbocycles. The molecular weight excluding hydrogens is 510 g/mol. The Bertz CT molecular complexity index is 1370. The Morgan fingerprint density at radius 1 is 1.28 bits per heavy atom. The van der Waals surface area contributed by atoms with E-state index in [2.05, 4.69) is 32.3 Å². The Hall–Kier alpha value is -3.98. The number of hydrogen-bond acceptors (Lipinski definition) is 9. The van der Waals surface area contributed by atoms with Crippen LogP contribution in [0.25, 0.3) is 11.3 Å². The normalized spacial score (nSPS) is 22.6. The molecule has 3 saturated heterocycles. The Kier molecular flexibility index (Phi) is 6.06. The minimum absolute atomic E-state index is 0.0561. The number of likely N-dealkylation sites (tertiary alicyclic amines) is 2. The number of ether oxygens (including phenoxy) is 3. The topological polar surface area (TPSA) is 104 Å². The zero-order valence-electron chi connectivity index (χ0n) is 21.5. The first-order chi connectivity index (χ1) is 18.7. The van der Waals surface area contributed by atoms with E-state index >= 15 is 0 Å². The highest BCUT2D eigenvalue weighted by molar-refractivity contribution is 5.88. The molecule has 1 aromatic carbocycles. The van der Waals surface area contributed by atoms with Crippen LogP contribution in [-0.4, -0.2) is 84.4 Å². The molecule has 2 aromatic rings. The maximum atomic E-state index is 14.0. The summed E-state index contributed by atoms with van der Waals surface area (Å²) in [5, 5.41) is 10.3. The lowest BCUT2D eigenvalue weighted by atomic mass is 9.79. The summed E-state index contributed by atoms with van der Waals surface area (Å²) in [5.41, 5.74) is 0.335. The predicted molar refractivity (Wildman–Crippen MR) is 136 cm³/mol. The number of amides is 1. The number of halogens is 2. The quantitative estimate of drug-likeness (QED) is 0.514. The van der Waals surface area contributed by atoms with Gasteiger partial charge in [-0.15, -0.1) is 8.78 Å². The van der Waals surface area contributed by atoms with E-state index in [1.807, 2.05) is 11.9 Å². The summed E-state index contributed by atoms with van der Waals surface area (Å²) in [4.78, 5) is 27.1.